The van der Waals surface area contributed by atoms with Gasteiger partial charge in [0.05, 0.1) is 11.6 Å². The highest BCUT2D eigenvalue weighted by molar-refractivity contribution is 6.22. The Morgan fingerprint density at radius 3 is 2.83 bits per heavy atom. The summed E-state index contributed by atoms with van der Waals surface area (Å²) in [4.78, 5) is 4.49. The molecule has 4 aromatic rings. The maximum atomic E-state index is 5.90. The van der Waals surface area contributed by atoms with Crippen molar-refractivity contribution in [3.63, 3.8) is 0 Å². The molecule has 0 radical (unpaired) electrons. The third kappa shape index (κ3) is 1.57. The largest absolute Gasteiger partial charge is 0.463 e. The van der Waals surface area contributed by atoms with Crippen LogP contribution in [-0.4, -0.2) is 4.98 Å². The second-order valence-electron chi connectivity index (χ2n) is 7.40. The maximum Gasteiger partial charge on any atom is 0.182 e. The molecule has 0 amide bonds. The average molecular weight is 305 g/mol. The summed E-state index contributed by atoms with van der Waals surface area (Å²) in [6, 6.07) is 4.49. The van der Waals surface area contributed by atoms with E-state index in [0.717, 1.165) is 39.4 Å². The minimum absolute atomic E-state index is 0.210. The van der Waals surface area contributed by atoms with E-state index in [9.17, 15) is 0 Å². The lowest BCUT2D eigenvalue weighted by Gasteiger charge is -2.33. The molecule has 0 bridgehead atoms. The van der Waals surface area contributed by atoms with Crippen molar-refractivity contribution in [2.75, 3.05) is 0 Å². The lowest BCUT2D eigenvalue weighted by molar-refractivity contribution is 0.433. The van der Waals surface area contributed by atoms with E-state index >= 15 is 0 Å². The molecule has 0 saturated carbocycles. The molecule has 1 aliphatic rings. The van der Waals surface area contributed by atoms with Gasteiger partial charge in [-0.15, -0.1) is 0 Å². The van der Waals surface area contributed by atoms with E-state index in [1.54, 1.807) is 6.39 Å². The molecule has 0 N–H and O–H groups in total. The van der Waals surface area contributed by atoms with E-state index in [4.69, 9.17) is 8.83 Å². The molecule has 0 fully saturated rings. The summed E-state index contributed by atoms with van der Waals surface area (Å²) in [5, 5.41) is 3.43. The van der Waals surface area contributed by atoms with Gasteiger partial charge in [0.25, 0.3) is 0 Å². The van der Waals surface area contributed by atoms with Crippen LogP contribution in [0.5, 0.6) is 0 Å². The fraction of sp³-hybridized carbons (Fsp3) is 0.350. The molecule has 3 heteroatoms. The van der Waals surface area contributed by atoms with E-state index in [-0.39, 0.29) is 5.41 Å². The normalized spacial score (nSPS) is 17.2. The van der Waals surface area contributed by atoms with Crippen LogP contribution < -0.4 is 0 Å². The van der Waals surface area contributed by atoms with Crippen molar-refractivity contribution in [2.45, 2.75) is 45.4 Å². The quantitative estimate of drug-likeness (QED) is 0.421. The SMILES string of the molecule is Cc1coc2c3ccc4c(c3c3ocnc3c12)CCCC4(C)C. The number of fused-ring (bicyclic) bond motifs is 8. The predicted octanol–water partition coefficient (Wildman–Crippen LogP) is 5.65. The summed E-state index contributed by atoms with van der Waals surface area (Å²) < 4.78 is 11.7. The topological polar surface area (TPSA) is 39.2 Å². The van der Waals surface area contributed by atoms with Crippen LogP contribution in [0.3, 0.4) is 0 Å². The first-order valence-electron chi connectivity index (χ1n) is 8.27. The van der Waals surface area contributed by atoms with Crippen molar-refractivity contribution in [1.82, 2.24) is 4.98 Å². The van der Waals surface area contributed by atoms with E-state index < -0.39 is 0 Å². The van der Waals surface area contributed by atoms with Gasteiger partial charge in [-0.25, -0.2) is 4.98 Å². The van der Waals surface area contributed by atoms with Gasteiger partial charge in [-0.3, -0.25) is 0 Å². The fourth-order valence-electron chi connectivity index (χ4n) is 4.37. The third-order valence-electron chi connectivity index (χ3n) is 5.52. The molecule has 23 heavy (non-hydrogen) atoms. The monoisotopic (exact) mass is 305 g/mol. The van der Waals surface area contributed by atoms with Crippen LogP contribution in [0.15, 0.2) is 33.6 Å². The number of hydrogen-bond acceptors (Lipinski definition) is 3. The Hall–Kier alpha value is -2.29. The zero-order valence-corrected chi connectivity index (χ0v) is 13.7. The molecule has 3 nitrogen and oxygen atoms in total. The highest BCUT2D eigenvalue weighted by Gasteiger charge is 2.30. The molecule has 5 rings (SSSR count). The van der Waals surface area contributed by atoms with Crippen molar-refractivity contribution in [2.24, 2.45) is 0 Å². The van der Waals surface area contributed by atoms with Crippen LogP contribution in [0.2, 0.25) is 0 Å². The fourth-order valence-corrected chi connectivity index (χ4v) is 4.37. The van der Waals surface area contributed by atoms with Gasteiger partial charge >= 0.3 is 0 Å². The Bertz CT molecular complexity index is 1080. The minimum atomic E-state index is 0.210. The lowest BCUT2D eigenvalue weighted by atomic mass is 9.71. The Morgan fingerprint density at radius 1 is 1.09 bits per heavy atom. The number of aryl methyl sites for hydroxylation is 2. The molecule has 2 heterocycles. The number of hydrogen-bond donors (Lipinski definition) is 0. The first kappa shape index (κ1) is 13.2. The molecule has 0 spiro atoms. The second kappa shape index (κ2) is 4.16. The van der Waals surface area contributed by atoms with Crippen molar-refractivity contribution in [1.29, 1.82) is 0 Å². The van der Waals surface area contributed by atoms with E-state index in [1.807, 2.05) is 6.26 Å². The molecule has 116 valence electrons. The number of aromatic nitrogens is 1. The molecule has 0 unspecified atom stereocenters. The Labute approximate surface area is 134 Å². The van der Waals surface area contributed by atoms with Crippen LogP contribution in [0.1, 0.15) is 43.4 Å². The van der Waals surface area contributed by atoms with Crippen molar-refractivity contribution in [3.8, 4) is 0 Å². The molecule has 1 aliphatic carbocycles. The smallest absolute Gasteiger partial charge is 0.182 e. The van der Waals surface area contributed by atoms with Gasteiger partial charge in [-0.05, 0) is 48.3 Å². The Morgan fingerprint density at radius 2 is 1.96 bits per heavy atom. The van der Waals surface area contributed by atoms with Gasteiger partial charge in [0.1, 0.15) is 11.1 Å². The zero-order chi connectivity index (χ0) is 15.8. The summed E-state index contributed by atoms with van der Waals surface area (Å²) >= 11 is 0. The molecule has 2 aromatic carbocycles. The van der Waals surface area contributed by atoms with E-state index in [0.29, 0.717) is 0 Å². The second-order valence-corrected chi connectivity index (χ2v) is 7.40. The molecule has 0 aliphatic heterocycles. The lowest BCUT2D eigenvalue weighted by Crippen LogP contribution is -2.23. The molecule has 0 atom stereocenters. The standard InChI is InChI=1S/C20H19NO2/c1-11-9-22-18-13-6-7-14-12(5-4-8-20(14,2)3)16(13)19-17(15(11)18)21-10-23-19/h6-7,9-10H,4-5,8H2,1-3H3. The zero-order valence-electron chi connectivity index (χ0n) is 13.7. The van der Waals surface area contributed by atoms with Gasteiger partial charge in [0.2, 0.25) is 0 Å². The molecule has 0 saturated heterocycles. The van der Waals surface area contributed by atoms with Crippen LogP contribution >= 0.6 is 0 Å². The number of furan rings is 1. The van der Waals surface area contributed by atoms with Gasteiger partial charge in [-0.1, -0.05) is 26.0 Å². The number of nitrogens with zero attached hydrogens (tertiary/aromatic N) is 1. The number of oxazole rings is 1. The van der Waals surface area contributed by atoms with Crippen LogP contribution in [-0.2, 0) is 11.8 Å². The van der Waals surface area contributed by atoms with E-state index in [1.165, 1.54) is 29.4 Å². The van der Waals surface area contributed by atoms with Crippen LogP contribution in [0, 0.1) is 6.92 Å². The van der Waals surface area contributed by atoms with Gasteiger partial charge < -0.3 is 8.83 Å². The summed E-state index contributed by atoms with van der Waals surface area (Å²) in [7, 11) is 0. The van der Waals surface area contributed by atoms with Crippen LogP contribution in [0.25, 0.3) is 32.8 Å². The first-order valence-corrected chi connectivity index (χ1v) is 8.27. The molecule has 2 aromatic heterocycles. The Balaban J connectivity index is 2.08. The van der Waals surface area contributed by atoms with Gasteiger partial charge in [-0.2, -0.15) is 0 Å². The van der Waals surface area contributed by atoms with E-state index in [2.05, 4.69) is 37.9 Å². The molecular weight excluding hydrogens is 286 g/mol. The van der Waals surface area contributed by atoms with Gasteiger partial charge in [0, 0.05) is 10.8 Å². The summed E-state index contributed by atoms with van der Waals surface area (Å²) in [5.41, 5.74) is 6.95. The van der Waals surface area contributed by atoms with Crippen LogP contribution in [0.4, 0.5) is 0 Å². The summed E-state index contributed by atoms with van der Waals surface area (Å²) in [6.45, 7) is 6.74. The average Bonchev–Trinajstić information content (AvgIpc) is 3.13. The predicted molar refractivity (Wildman–Crippen MR) is 92.0 cm³/mol. The minimum Gasteiger partial charge on any atom is -0.463 e. The molecular formula is C20H19NO2. The van der Waals surface area contributed by atoms with Crippen molar-refractivity contribution in [3.05, 3.63) is 41.5 Å². The van der Waals surface area contributed by atoms with Gasteiger partial charge in [0.15, 0.2) is 12.0 Å². The maximum absolute atomic E-state index is 5.90. The Kier molecular flexibility index (Phi) is 2.39. The number of rotatable bonds is 0. The third-order valence-corrected chi connectivity index (χ3v) is 5.52. The van der Waals surface area contributed by atoms with Crippen molar-refractivity contribution < 1.29 is 8.83 Å². The van der Waals surface area contributed by atoms with Crippen molar-refractivity contribution >= 4 is 32.8 Å². The highest BCUT2D eigenvalue weighted by atomic mass is 16.3. The summed E-state index contributed by atoms with van der Waals surface area (Å²) in [6.07, 6.45) is 6.92. The summed E-state index contributed by atoms with van der Waals surface area (Å²) in [5.74, 6) is 0. The first-order chi connectivity index (χ1) is 11.1. The number of benzene rings is 2. The highest BCUT2D eigenvalue weighted by Crippen LogP contribution is 2.45.